The average molecular weight is 380 g/mol. The highest BCUT2D eigenvalue weighted by Crippen LogP contribution is 2.26. The molecule has 0 fully saturated rings. The van der Waals surface area contributed by atoms with Gasteiger partial charge >= 0.3 is 0 Å². The predicted molar refractivity (Wildman–Crippen MR) is 107 cm³/mol. The zero-order valence-electron chi connectivity index (χ0n) is 15.3. The van der Waals surface area contributed by atoms with E-state index in [4.69, 9.17) is 0 Å². The van der Waals surface area contributed by atoms with Gasteiger partial charge in [0.15, 0.2) is 16.8 Å². The minimum atomic E-state index is -0.377. The van der Waals surface area contributed by atoms with E-state index in [9.17, 15) is 9.59 Å². The molecule has 3 rings (SSSR count). The van der Waals surface area contributed by atoms with Gasteiger partial charge in [-0.05, 0) is 26.0 Å². The Morgan fingerprint density at radius 2 is 1.81 bits per heavy atom. The van der Waals surface area contributed by atoms with Crippen molar-refractivity contribution in [1.82, 2.24) is 14.8 Å². The van der Waals surface area contributed by atoms with E-state index in [1.807, 2.05) is 48.9 Å². The quantitative estimate of drug-likeness (QED) is 0.520. The molecule has 1 N–H and O–H groups in total. The van der Waals surface area contributed by atoms with Gasteiger partial charge in [-0.2, -0.15) is 0 Å². The molecule has 3 aromatic rings. The van der Waals surface area contributed by atoms with Gasteiger partial charge in [-0.1, -0.05) is 54.2 Å². The van der Waals surface area contributed by atoms with Gasteiger partial charge in [0.2, 0.25) is 5.91 Å². The Balaban J connectivity index is 1.69. The number of nitrogens with zero attached hydrogens (tertiary/aromatic N) is 3. The minimum absolute atomic E-state index is 0.0407. The van der Waals surface area contributed by atoms with Crippen molar-refractivity contribution in [2.24, 2.45) is 7.05 Å². The molecule has 138 valence electrons. The van der Waals surface area contributed by atoms with Gasteiger partial charge in [-0.15, -0.1) is 10.2 Å². The molecular formula is C20H20N4O2S. The molecule has 0 radical (unpaired) electrons. The molecule has 1 heterocycles. The molecule has 0 saturated heterocycles. The van der Waals surface area contributed by atoms with Crippen molar-refractivity contribution in [3.05, 3.63) is 60.2 Å². The number of ketones is 1. The molecular weight excluding hydrogens is 360 g/mol. The fraction of sp³-hybridized carbons (Fsp3) is 0.200. The summed E-state index contributed by atoms with van der Waals surface area (Å²) < 4.78 is 1.88. The largest absolute Gasteiger partial charge is 0.325 e. The zero-order valence-corrected chi connectivity index (χ0v) is 16.2. The molecule has 0 unspecified atom stereocenters. The third kappa shape index (κ3) is 4.43. The Bertz CT molecular complexity index is 969. The van der Waals surface area contributed by atoms with E-state index in [0.29, 0.717) is 16.4 Å². The van der Waals surface area contributed by atoms with E-state index >= 15 is 0 Å². The molecule has 1 amide bonds. The van der Waals surface area contributed by atoms with Crippen molar-refractivity contribution in [2.75, 3.05) is 5.32 Å². The van der Waals surface area contributed by atoms with Gasteiger partial charge in [0.05, 0.1) is 5.25 Å². The molecule has 1 aromatic heterocycles. The number of amides is 1. The van der Waals surface area contributed by atoms with Crippen LogP contribution in [0.3, 0.4) is 0 Å². The number of Topliss-reactive ketones (excluding diaryl/α,β-unsaturated/α-hetero) is 1. The number of carbonyl (C=O) groups is 2. The summed E-state index contributed by atoms with van der Waals surface area (Å²) in [6.45, 7) is 3.31. The van der Waals surface area contributed by atoms with E-state index in [1.54, 1.807) is 24.3 Å². The summed E-state index contributed by atoms with van der Waals surface area (Å²) in [5, 5.41) is 11.6. The number of hydrogen-bond donors (Lipinski definition) is 1. The summed E-state index contributed by atoms with van der Waals surface area (Å²) in [6, 6.07) is 16.7. The van der Waals surface area contributed by atoms with E-state index in [1.165, 1.54) is 18.7 Å². The average Bonchev–Trinajstić information content (AvgIpc) is 3.03. The number of hydrogen-bond acceptors (Lipinski definition) is 5. The van der Waals surface area contributed by atoms with E-state index < -0.39 is 0 Å². The minimum Gasteiger partial charge on any atom is -0.325 e. The van der Waals surface area contributed by atoms with Gasteiger partial charge in [0, 0.05) is 23.9 Å². The van der Waals surface area contributed by atoms with E-state index in [-0.39, 0.29) is 16.9 Å². The number of thioether (sulfide) groups is 1. The molecule has 0 aliphatic rings. The number of benzene rings is 2. The van der Waals surface area contributed by atoms with Crippen LogP contribution in [0.2, 0.25) is 0 Å². The van der Waals surface area contributed by atoms with Crippen molar-refractivity contribution in [2.45, 2.75) is 24.3 Å². The lowest BCUT2D eigenvalue weighted by molar-refractivity contribution is -0.115. The van der Waals surface area contributed by atoms with Crippen molar-refractivity contribution < 1.29 is 9.59 Å². The van der Waals surface area contributed by atoms with Crippen LogP contribution < -0.4 is 5.32 Å². The maximum absolute atomic E-state index is 12.5. The fourth-order valence-corrected chi connectivity index (χ4v) is 3.34. The first-order chi connectivity index (χ1) is 13.0. The number of rotatable bonds is 6. The number of anilines is 1. The highest BCUT2D eigenvalue weighted by molar-refractivity contribution is 8.00. The van der Waals surface area contributed by atoms with E-state index in [0.717, 1.165) is 11.4 Å². The third-order valence-corrected chi connectivity index (χ3v) is 5.19. The Labute approximate surface area is 162 Å². The van der Waals surface area contributed by atoms with Crippen LogP contribution in [0.5, 0.6) is 0 Å². The molecule has 6 nitrogen and oxygen atoms in total. The SMILES string of the molecule is CC(=O)c1cccc(NC(=O)[C@H](C)Sc2nnc(-c3ccccc3)n2C)c1. The van der Waals surface area contributed by atoms with Crippen LogP contribution in [0.1, 0.15) is 24.2 Å². The second-order valence-electron chi connectivity index (χ2n) is 6.12. The highest BCUT2D eigenvalue weighted by Gasteiger charge is 2.19. The highest BCUT2D eigenvalue weighted by atomic mass is 32.2. The lowest BCUT2D eigenvalue weighted by Gasteiger charge is -2.12. The summed E-state index contributed by atoms with van der Waals surface area (Å²) in [4.78, 5) is 24.0. The Hall–Kier alpha value is -2.93. The molecule has 1 atom stereocenters. The van der Waals surface area contributed by atoms with Gasteiger partial charge in [-0.3, -0.25) is 9.59 Å². The maximum Gasteiger partial charge on any atom is 0.237 e. The summed E-state index contributed by atoms with van der Waals surface area (Å²) >= 11 is 1.33. The van der Waals surface area contributed by atoms with Crippen LogP contribution in [-0.2, 0) is 11.8 Å². The molecule has 7 heteroatoms. The Morgan fingerprint density at radius 3 is 2.52 bits per heavy atom. The van der Waals surface area contributed by atoms with Crippen LogP contribution in [0.25, 0.3) is 11.4 Å². The van der Waals surface area contributed by atoms with E-state index in [2.05, 4.69) is 15.5 Å². The second-order valence-corrected chi connectivity index (χ2v) is 7.43. The smallest absolute Gasteiger partial charge is 0.237 e. The van der Waals surface area contributed by atoms with Gasteiger partial charge in [0.25, 0.3) is 0 Å². The number of carbonyl (C=O) groups excluding carboxylic acids is 2. The number of nitrogens with one attached hydrogen (secondary N) is 1. The number of aromatic nitrogens is 3. The third-order valence-electron chi connectivity index (χ3n) is 4.05. The van der Waals surface area contributed by atoms with Crippen LogP contribution in [0.15, 0.2) is 59.8 Å². The summed E-state index contributed by atoms with van der Waals surface area (Å²) in [7, 11) is 1.88. The molecule has 0 saturated carbocycles. The second kappa shape index (κ2) is 8.18. The first-order valence-electron chi connectivity index (χ1n) is 8.49. The predicted octanol–water partition coefficient (Wildman–Crippen LogP) is 3.80. The van der Waals surface area contributed by atoms with Crippen LogP contribution in [0.4, 0.5) is 5.69 Å². The first kappa shape index (κ1) is 18.8. The molecule has 27 heavy (non-hydrogen) atoms. The molecule has 0 aliphatic carbocycles. The van der Waals surface area contributed by atoms with Crippen LogP contribution >= 0.6 is 11.8 Å². The molecule has 0 aliphatic heterocycles. The van der Waals surface area contributed by atoms with Crippen molar-refractivity contribution in [3.63, 3.8) is 0 Å². The summed E-state index contributed by atoms with van der Waals surface area (Å²) in [6.07, 6.45) is 0. The fourth-order valence-electron chi connectivity index (χ4n) is 2.53. The summed E-state index contributed by atoms with van der Waals surface area (Å²) in [5.41, 5.74) is 2.13. The van der Waals surface area contributed by atoms with Crippen molar-refractivity contribution in [3.8, 4) is 11.4 Å². The van der Waals surface area contributed by atoms with Gasteiger partial charge < -0.3 is 9.88 Å². The molecule has 2 aromatic carbocycles. The standard InChI is InChI=1S/C20H20N4O2S/c1-13(25)16-10-7-11-17(12-16)21-19(26)14(2)27-20-23-22-18(24(20)3)15-8-5-4-6-9-15/h4-12,14H,1-3H3,(H,21,26)/t14-/m0/s1. The lowest BCUT2D eigenvalue weighted by Crippen LogP contribution is -2.23. The van der Waals surface area contributed by atoms with Gasteiger partial charge in [-0.25, -0.2) is 0 Å². The van der Waals surface area contributed by atoms with Crippen molar-refractivity contribution >= 4 is 29.1 Å². The lowest BCUT2D eigenvalue weighted by atomic mass is 10.1. The monoisotopic (exact) mass is 380 g/mol. The van der Waals surface area contributed by atoms with Gasteiger partial charge in [0.1, 0.15) is 0 Å². The normalized spacial score (nSPS) is 11.8. The Kier molecular flexibility index (Phi) is 5.71. The van der Waals surface area contributed by atoms with Crippen molar-refractivity contribution in [1.29, 1.82) is 0 Å². The molecule has 0 spiro atoms. The summed E-state index contributed by atoms with van der Waals surface area (Å²) in [5.74, 6) is 0.547. The van der Waals surface area contributed by atoms with Crippen LogP contribution in [0, 0.1) is 0 Å². The van der Waals surface area contributed by atoms with Crippen LogP contribution in [-0.4, -0.2) is 31.7 Å². The Morgan fingerprint density at radius 1 is 1.07 bits per heavy atom. The topological polar surface area (TPSA) is 76.9 Å². The molecule has 0 bridgehead atoms. The first-order valence-corrected chi connectivity index (χ1v) is 9.37. The maximum atomic E-state index is 12.5. The zero-order chi connectivity index (χ0) is 19.4.